The molecule has 111 heavy (non-hydrogen) atoms. The highest BCUT2D eigenvalue weighted by molar-refractivity contribution is 7.73. The third-order valence-electron chi connectivity index (χ3n) is 21.1. The minimum absolute atomic E-state index is 0.347. The molecule has 12 rings (SSSR count). The van der Waals surface area contributed by atoms with Crippen molar-refractivity contribution in [1.29, 1.82) is 0 Å². The summed E-state index contributed by atoms with van der Waals surface area (Å²) >= 11 is 0. The van der Waals surface area contributed by atoms with Crippen molar-refractivity contribution in [2.24, 2.45) is 53.6 Å². The highest BCUT2D eigenvalue weighted by atomic mass is 31.2. The summed E-state index contributed by atoms with van der Waals surface area (Å²) in [5.41, 5.74) is 24.2. The second kappa shape index (κ2) is 34.5. The fourth-order valence-electron chi connectivity index (χ4n) is 14.2. The Morgan fingerprint density at radius 3 is 1.09 bits per heavy atom. The molecular weight excluding hydrogens is 1520 g/mol. The highest BCUT2D eigenvalue weighted by Gasteiger charge is 2.64. The SMILES string of the molecule is C=C1N=C(N)C(C)=CN1[C@@H]1O[C@@]2(CCP(=C)(C)C)COC1[C@@H]2O.C=C1N=C(N)C=CN1[C@@H]1O[C@@]2(CCP(=C)(C)C)COC1[C@@H]2O.C=C1N=C(N)C=CN1[C@@H]1O[C@H](CCP(=C)(C)C)[C@@H](O)[C@@]1(C)O.C=C1N=C(N)C=CN1[C@@H]1O[C@H](CCP(=C)(C)C)[C@@H](O)[C@]1(C)O.C=C1N=C(N)C=CN1[C@@H]1O[C@](C)(CCP(=C)(C)C)[C@@H](O)C1O. The highest BCUT2D eigenvalue weighted by Crippen LogP contribution is 2.52. The molecule has 0 aromatic carbocycles. The van der Waals surface area contributed by atoms with Gasteiger partial charge in [0.1, 0.15) is 130 Å². The van der Waals surface area contributed by atoms with Crippen LogP contribution in [0.4, 0.5) is 0 Å². The van der Waals surface area contributed by atoms with Crippen molar-refractivity contribution in [3.05, 3.63) is 123 Å². The number of aliphatic imine (C=N–C) groups is 5. The monoisotopic (exact) mass is 1650 g/mol. The Labute approximate surface area is 657 Å². The number of ether oxygens (including phenoxy) is 7. The van der Waals surface area contributed by atoms with Crippen LogP contribution in [0.1, 0.15) is 59.8 Å². The first kappa shape index (κ1) is 91.2. The van der Waals surface area contributed by atoms with Crippen LogP contribution in [-0.2, 0) is 33.2 Å². The van der Waals surface area contributed by atoms with Crippen molar-refractivity contribution in [3.63, 3.8) is 0 Å². The summed E-state index contributed by atoms with van der Waals surface area (Å²) in [4.78, 5) is 29.0. The molecule has 0 saturated carbocycles. The summed E-state index contributed by atoms with van der Waals surface area (Å²) in [7, 11) is 0. The first-order valence-corrected chi connectivity index (χ1v) is 52.2. The number of amidine groups is 5. The summed E-state index contributed by atoms with van der Waals surface area (Å²) in [6.07, 6.45) is 34.1. The number of nitrogens with two attached hydrogens (primary N) is 5. The predicted octanol–water partition coefficient (Wildman–Crippen LogP) is 3.33. The first-order valence-electron chi connectivity index (χ1n) is 36.9. The number of rotatable bonds is 20. The van der Waals surface area contributed by atoms with Crippen LogP contribution in [-0.4, -0.2) is 357 Å². The zero-order valence-corrected chi connectivity index (χ0v) is 71.9. The van der Waals surface area contributed by atoms with E-state index in [-0.39, 0.29) is 0 Å². The number of hydrogen-bond donors (Lipinski definition) is 13. The van der Waals surface area contributed by atoms with Crippen molar-refractivity contribution in [3.8, 4) is 0 Å². The van der Waals surface area contributed by atoms with Gasteiger partial charge in [0.25, 0.3) is 0 Å². The fourth-order valence-corrected chi connectivity index (χ4v) is 19.1. The van der Waals surface area contributed by atoms with Gasteiger partial charge in [-0.25, -0.2) is 25.0 Å². The lowest BCUT2D eigenvalue weighted by atomic mass is 9.94. The summed E-state index contributed by atoms with van der Waals surface area (Å²) in [5, 5.41) is 84.3. The quantitative estimate of drug-likeness (QED) is 0.0777. The standard InChI is InChI=1S/C16H26N3O3P.C15H24N3O3P.3C15H26N3O3P/c1-10-8-19(11(2)18-14(10)17)15-12-13(20)16(22-15,9-21-12)6-7-23(3,4)5;1-10-17-11(16)5-7-18(10)14-12-13(19)15(21-14,9-20-12)6-8-22(2,3)4;2*1-10-17-12(16)6-8-18(10)14-15(2,20)13(19)11(21-14)7-9-22(3,4)5;1-10-17-11(16)6-8-18(10)14-12(19)13(20)15(2,21-14)7-9-22(3,4)5/h8,12-13,15,20H,2-3,6-7,9H2,1,4-5H3,(H2,17,18);5,7,12-14,19H,1-2,6,8-9H2,3-4H3,(H2,16,17);2*6,8,11,13-14,19-20H,1,3,7,9H2,2,4-5H3,(H2,16,17);6,8,12-14,19-20H,1,3,7,9H2,2,4-5H3,(H2,16,17)/t12?,13-,15+,16-;12?,13-,14+,15-;11-,13-,14-,15+;11-,13-,14-,15-;12?,13-,14+,15+/m00110/s1. The van der Waals surface area contributed by atoms with Crippen LogP contribution in [0.15, 0.2) is 148 Å². The molecule has 0 radical (unpaired) electrons. The summed E-state index contributed by atoms with van der Waals surface area (Å²) in [6, 6.07) is 0. The summed E-state index contributed by atoms with van der Waals surface area (Å²) < 4.78 is 42.0. The minimum atomic E-state index is -1.43. The topological polar surface area (TPSA) is 435 Å². The van der Waals surface area contributed by atoms with E-state index >= 15 is 0 Å². The third kappa shape index (κ3) is 21.8. The van der Waals surface area contributed by atoms with Crippen molar-refractivity contribution in [2.45, 2.75) is 180 Å². The van der Waals surface area contributed by atoms with Crippen LogP contribution in [0.2, 0.25) is 0 Å². The van der Waals surface area contributed by atoms with Gasteiger partial charge in [-0.3, -0.25) is 0 Å². The second-order valence-corrected chi connectivity index (χ2v) is 56.3. The Hall–Kier alpha value is -5.35. The van der Waals surface area contributed by atoms with Gasteiger partial charge in [0.15, 0.2) is 31.1 Å². The van der Waals surface area contributed by atoms with Crippen molar-refractivity contribution < 1.29 is 74.0 Å². The smallest absolute Gasteiger partial charge is 0.166 e. The van der Waals surface area contributed by atoms with Gasteiger partial charge in [-0.2, -0.15) is 0 Å². The number of hydrogen-bond acceptors (Lipinski definition) is 30. The Bertz CT molecular complexity index is 3980. The average molecular weight is 1650 g/mol. The predicted molar refractivity (Wildman–Crippen MR) is 463 cm³/mol. The van der Waals surface area contributed by atoms with E-state index < -0.39 is 155 Å². The zero-order valence-electron chi connectivity index (χ0n) is 67.4. The summed E-state index contributed by atoms with van der Waals surface area (Å²) in [5.74, 6) is 4.03. The van der Waals surface area contributed by atoms with E-state index in [4.69, 9.17) is 61.8 Å². The van der Waals surface area contributed by atoms with Gasteiger partial charge in [-0.1, -0.05) is 32.9 Å². The van der Waals surface area contributed by atoms with Gasteiger partial charge in [-0.15, -0.1) is 65.9 Å². The Kier molecular flexibility index (Phi) is 28.3. The van der Waals surface area contributed by atoms with E-state index in [1.165, 1.54) is 0 Å². The minimum Gasteiger partial charge on any atom is -0.387 e. The molecule has 3 unspecified atom stereocenters. The Balaban J connectivity index is 0.000000174. The van der Waals surface area contributed by atoms with Gasteiger partial charge in [0.2, 0.25) is 0 Å². The molecule has 0 amide bonds. The number of aliphatic hydroxyl groups excluding tert-OH is 6. The molecule has 0 aromatic heterocycles. The third-order valence-corrected chi connectivity index (χ3v) is 28.4. The van der Waals surface area contributed by atoms with Crippen molar-refractivity contribution >= 4 is 95.1 Å². The van der Waals surface area contributed by atoms with E-state index in [9.17, 15) is 40.9 Å². The fraction of sp³-hybridized carbons (Fsp3) is 0.605. The van der Waals surface area contributed by atoms with E-state index in [2.05, 4.69) is 156 Å². The first-order chi connectivity index (χ1) is 50.9. The molecule has 7 fully saturated rings. The van der Waals surface area contributed by atoms with Gasteiger partial charge in [0, 0.05) is 36.6 Å². The number of nitrogens with zero attached hydrogens (tertiary/aromatic N) is 10. The largest absolute Gasteiger partial charge is 0.387 e. The van der Waals surface area contributed by atoms with Crippen LogP contribution in [0.25, 0.3) is 0 Å². The molecule has 0 spiro atoms. The van der Waals surface area contributed by atoms with Crippen molar-refractivity contribution in [1.82, 2.24) is 24.5 Å². The average Bonchev–Trinajstić information content (AvgIpc) is 1.65. The maximum absolute atomic E-state index is 10.7. The normalized spacial score (nSPS) is 36.5. The van der Waals surface area contributed by atoms with Crippen LogP contribution in [0.3, 0.4) is 0 Å². The lowest BCUT2D eigenvalue weighted by Gasteiger charge is -2.37. The number of fused-ring (bicyclic) bond motifs is 4. The van der Waals surface area contributed by atoms with Gasteiger partial charge in [-0.05, 0) is 182 Å². The van der Waals surface area contributed by atoms with Gasteiger partial charge in [0.05, 0.1) is 31.0 Å². The van der Waals surface area contributed by atoms with Crippen LogP contribution in [0.5, 0.6) is 0 Å². The van der Waals surface area contributed by atoms with E-state index in [1.54, 1.807) is 82.6 Å². The molecular formula is C76H128N15O15P5. The van der Waals surface area contributed by atoms with E-state index in [0.717, 1.165) is 49.2 Å². The van der Waals surface area contributed by atoms with E-state index in [1.807, 2.05) is 24.9 Å². The van der Waals surface area contributed by atoms with E-state index in [0.29, 0.717) is 90.8 Å². The molecule has 35 heteroatoms. The van der Waals surface area contributed by atoms with Gasteiger partial charge < -0.3 is 127 Å². The second-order valence-electron chi connectivity index (χ2n) is 34.7. The number of aliphatic hydroxyl groups is 8. The van der Waals surface area contributed by atoms with Crippen molar-refractivity contribution in [2.75, 3.05) is 111 Å². The lowest BCUT2D eigenvalue weighted by molar-refractivity contribution is -0.181. The molecule has 18 N–H and O–H groups in total. The maximum atomic E-state index is 10.7. The molecule has 12 aliphatic rings. The molecule has 4 bridgehead atoms. The Morgan fingerprint density at radius 1 is 0.432 bits per heavy atom. The van der Waals surface area contributed by atoms with Crippen LogP contribution < -0.4 is 28.7 Å². The molecule has 12 aliphatic heterocycles. The molecule has 20 atom stereocenters. The van der Waals surface area contributed by atoms with Gasteiger partial charge >= 0.3 is 0 Å². The Morgan fingerprint density at radius 2 is 0.748 bits per heavy atom. The molecule has 0 aromatic rings. The molecule has 0 aliphatic carbocycles. The molecule has 12 heterocycles. The summed E-state index contributed by atoms with van der Waals surface area (Å²) in [6.45, 7) is 42.5. The van der Waals surface area contributed by atoms with Crippen LogP contribution in [0, 0.1) is 0 Å². The zero-order chi connectivity index (χ0) is 83.2. The van der Waals surface area contributed by atoms with Crippen LogP contribution >= 0.6 is 34.4 Å². The molecule has 7 saturated heterocycles. The molecule has 30 nitrogen and oxygen atoms in total. The molecule has 622 valence electrons. The maximum Gasteiger partial charge on any atom is 0.166 e. The lowest BCUT2D eigenvalue weighted by Crippen LogP contribution is -2.51.